The van der Waals surface area contributed by atoms with Gasteiger partial charge in [0.15, 0.2) is 11.2 Å². The monoisotopic (exact) mass is 544 g/mol. The van der Waals surface area contributed by atoms with Crippen molar-refractivity contribution in [2.45, 2.75) is 11.9 Å². The summed E-state index contributed by atoms with van der Waals surface area (Å²) in [6.45, 7) is 0. The molecule has 34 heavy (non-hydrogen) atoms. The van der Waals surface area contributed by atoms with E-state index in [4.69, 9.17) is 69.4 Å². The molecule has 176 valence electrons. The Kier molecular flexibility index (Phi) is 5.51. The van der Waals surface area contributed by atoms with Crippen LogP contribution in [0, 0.1) is 0 Å². The Morgan fingerprint density at radius 3 is 1.88 bits per heavy atom. The molecule has 0 amide bonds. The Labute approximate surface area is 210 Å². The fourth-order valence-corrected chi connectivity index (χ4v) is 5.23. The van der Waals surface area contributed by atoms with Crippen LogP contribution in [0.3, 0.4) is 0 Å². The molecule has 1 aliphatic heterocycles. The third kappa shape index (κ3) is 3.21. The van der Waals surface area contributed by atoms with Gasteiger partial charge in [0, 0.05) is 24.3 Å². The average Bonchev–Trinajstić information content (AvgIpc) is 3.12. The maximum atomic E-state index is 13.2. The number of halogens is 4. The lowest BCUT2D eigenvalue weighted by atomic mass is 9.90. The average molecular weight is 546 g/mol. The van der Waals surface area contributed by atoms with E-state index in [1.54, 1.807) is 0 Å². The van der Waals surface area contributed by atoms with Crippen LogP contribution in [-0.2, 0) is 9.47 Å². The molecule has 0 saturated carbocycles. The second-order valence-corrected chi connectivity index (χ2v) is 9.05. The van der Waals surface area contributed by atoms with Crippen LogP contribution in [0.15, 0.2) is 42.7 Å². The lowest BCUT2D eigenvalue weighted by molar-refractivity contribution is -0.319. The Morgan fingerprint density at radius 2 is 1.32 bits per heavy atom. The largest absolute Gasteiger partial charge is 0.507 e. The predicted molar refractivity (Wildman–Crippen MR) is 126 cm³/mol. The fraction of sp³-hybridized carbons (Fsp3) is 0.182. The van der Waals surface area contributed by atoms with E-state index in [1.807, 2.05) is 0 Å². The highest BCUT2D eigenvalue weighted by molar-refractivity contribution is 6.39. The third-order valence-corrected chi connectivity index (χ3v) is 6.59. The van der Waals surface area contributed by atoms with E-state index in [1.165, 1.54) is 38.5 Å². The molecule has 0 spiro atoms. The Morgan fingerprint density at radius 1 is 0.824 bits per heavy atom. The first kappa shape index (κ1) is 23.3. The van der Waals surface area contributed by atoms with Gasteiger partial charge in [0.2, 0.25) is 0 Å². The minimum absolute atomic E-state index is 0.00376. The van der Waals surface area contributed by atoms with E-state index in [0.717, 1.165) is 0 Å². The summed E-state index contributed by atoms with van der Waals surface area (Å²) >= 11 is 24.6. The molecular weight excluding hydrogens is 534 g/mol. The molecular formula is C22H12Cl4O8. The summed E-state index contributed by atoms with van der Waals surface area (Å²) in [5.41, 5.74) is -2.59. The van der Waals surface area contributed by atoms with Gasteiger partial charge in [0.25, 0.3) is 0 Å². The molecule has 0 radical (unpaired) electrons. The molecule has 2 aromatic carbocycles. The molecule has 3 heterocycles. The maximum Gasteiger partial charge on any atom is 0.344 e. The SMILES string of the molecule is COC1(OC)Oc2c(c(=O)oc3c(Cl)cc(Cl)cc23)C1c1c(O)c2cc(Cl)cc(Cl)c2oc1=O. The smallest absolute Gasteiger partial charge is 0.344 e. The molecule has 12 heteroatoms. The number of hydrogen-bond donors (Lipinski definition) is 1. The molecule has 5 rings (SSSR count). The van der Waals surface area contributed by atoms with Gasteiger partial charge in [-0.2, -0.15) is 0 Å². The van der Waals surface area contributed by atoms with Gasteiger partial charge in [-0.3, -0.25) is 0 Å². The standard InChI is InChI=1S/C22H12Cl4O8/c1-30-22(31-2)15(13-16(27)9-3-7(23)5-11(25)17(9)32-20(13)28)14-19(34-22)10-4-8(24)6-12(26)18(10)33-21(14)29/h3-6,15,27H,1-2H3. The van der Waals surface area contributed by atoms with Crippen molar-refractivity contribution in [1.82, 2.24) is 0 Å². The lowest BCUT2D eigenvalue weighted by Crippen LogP contribution is -2.44. The number of aromatic hydroxyl groups is 1. The maximum absolute atomic E-state index is 13.2. The van der Waals surface area contributed by atoms with Crippen LogP contribution in [0.4, 0.5) is 0 Å². The van der Waals surface area contributed by atoms with Crippen LogP contribution in [0.5, 0.6) is 11.5 Å². The normalized spacial score (nSPS) is 16.7. The van der Waals surface area contributed by atoms with E-state index >= 15 is 0 Å². The van der Waals surface area contributed by atoms with Gasteiger partial charge in [-0.15, -0.1) is 0 Å². The molecule has 1 atom stereocenters. The van der Waals surface area contributed by atoms with Crippen molar-refractivity contribution in [3.8, 4) is 11.5 Å². The summed E-state index contributed by atoms with van der Waals surface area (Å²) in [7, 11) is 2.47. The number of ether oxygens (including phenoxy) is 3. The molecule has 0 saturated heterocycles. The zero-order valence-corrected chi connectivity index (χ0v) is 20.2. The van der Waals surface area contributed by atoms with Crippen LogP contribution in [-0.4, -0.2) is 25.3 Å². The molecule has 1 unspecified atom stereocenters. The molecule has 0 aliphatic carbocycles. The van der Waals surface area contributed by atoms with Crippen molar-refractivity contribution < 1.29 is 28.2 Å². The predicted octanol–water partition coefficient (Wildman–Crippen LogP) is 5.69. The number of hydrogen-bond acceptors (Lipinski definition) is 8. The number of rotatable bonds is 3. The van der Waals surface area contributed by atoms with E-state index in [-0.39, 0.29) is 53.3 Å². The lowest BCUT2D eigenvalue weighted by Gasteiger charge is -2.30. The van der Waals surface area contributed by atoms with Crippen molar-refractivity contribution in [3.63, 3.8) is 0 Å². The summed E-state index contributed by atoms with van der Waals surface area (Å²) in [6.07, 6.45) is 0. The van der Waals surface area contributed by atoms with Gasteiger partial charge in [0.1, 0.15) is 17.4 Å². The second kappa shape index (κ2) is 8.05. The minimum Gasteiger partial charge on any atom is -0.507 e. The van der Waals surface area contributed by atoms with Gasteiger partial charge in [-0.1, -0.05) is 46.4 Å². The first-order valence-corrected chi connectivity index (χ1v) is 11.0. The first-order chi connectivity index (χ1) is 16.1. The van der Waals surface area contributed by atoms with E-state index in [9.17, 15) is 14.7 Å². The second-order valence-electron chi connectivity index (χ2n) is 7.36. The van der Waals surface area contributed by atoms with Crippen molar-refractivity contribution in [1.29, 1.82) is 0 Å². The molecule has 8 nitrogen and oxygen atoms in total. The Hall–Kier alpha value is -2.46. The van der Waals surface area contributed by atoms with Crippen molar-refractivity contribution in [2.24, 2.45) is 0 Å². The molecule has 1 N–H and O–H groups in total. The molecule has 0 fully saturated rings. The molecule has 2 aromatic heterocycles. The molecule has 1 aliphatic rings. The van der Waals surface area contributed by atoms with Crippen LogP contribution in [0.1, 0.15) is 17.0 Å². The number of benzene rings is 2. The van der Waals surface area contributed by atoms with Gasteiger partial charge in [0.05, 0.1) is 31.9 Å². The summed E-state index contributed by atoms with van der Waals surface area (Å²) in [5.74, 6) is -4.12. The summed E-state index contributed by atoms with van der Waals surface area (Å²) in [6, 6.07) is 5.56. The van der Waals surface area contributed by atoms with Crippen molar-refractivity contribution in [3.05, 3.63) is 76.3 Å². The van der Waals surface area contributed by atoms with Gasteiger partial charge in [-0.05, 0) is 24.3 Å². The van der Waals surface area contributed by atoms with E-state index in [0.29, 0.717) is 0 Å². The first-order valence-electron chi connectivity index (χ1n) is 9.51. The quantitative estimate of drug-likeness (QED) is 0.258. The highest BCUT2D eigenvalue weighted by Gasteiger charge is 2.56. The molecule has 4 aromatic rings. The Balaban J connectivity index is 1.93. The minimum atomic E-state index is -2.07. The van der Waals surface area contributed by atoms with Crippen molar-refractivity contribution in [2.75, 3.05) is 14.2 Å². The number of fused-ring (bicyclic) bond motifs is 4. The zero-order chi connectivity index (χ0) is 24.5. The third-order valence-electron chi connectivity index (χ3n) is 5.59. The Bertz CT molecular complexity index is 1620. The summed E-state index contributed by atoms with van der Waals surface area (Å²) < 4.78 is 27.8. The van der Waals surface area contributed by atoms with Gasteiger partial charge < -0.3 is 28.2 Å². The van der Waals surface area contributed by atoms with Crippen molar-refractivity contribution >= 4 is 68.3 Å². The summed E-state index contributed by atoms with van der Waals surface area (Å²) in [5, 5.41) is 11.9. The topological polar surface area (TPSA) is 108 Å². The zero-order valence-electron chi connectivity index (χ0n) is 17.2. The van der Waals surface area contributed by atoms with Crippen LogP contribution >= 0.6 is 46.4 Å². The molecule has 0 bridgehead atoms. The summed E-state index contributed by atoms with van der Waals surface area (Å²) in [4.78, 5) is 26.3. The van der Waals surface area contributed by atoms with Crippen LogP contribution in [0.2, 0.25) is 20.1 Å². The van der Waals surface area contributed by atoms with Crippen LogP contribution in [0.25, 0.3) is 21.9 Å². The van der Waals surface area contributed by atoms with Crippen LogP contribution < -0.4 is 16.0 Å². The van der Waals surface area contributed by atoms with E-state index in [2.05, 4.69) is 0 Å². The number of methoxy groups -OCH3 is 2. The highest BCUT2D eigenvalue weighted by Crippen LogP contribution is 2.53. The highest BCUT2D eigenvalue weighted by atomic mass is 35.5. The van der Waals surface area contributed by atoms with Gasteiger partial charge >= 0.3 is 17.2 Å². The van der Waals surface area contributed by atoms with Gasteiger partial charge in [-0.25, -0.2) is 9.59 Å². The van der Waals surface area contributed by atoms with E-state index < -0.39 is 34.5 Å². The fourth-order valence-electron chi connectivity index (χ4n) is 4.16.